The van der Waals surface area contributed by atoms with Gasteiger partial charge in [0.2, 0.25) is 5.91 Å². The van der Waals surface area contributed by atoms with Crippen molar-refractivity contribution in [1.82, 2.24) is 5.32 Å². The zero-order valence-electron chi connectivity index (χ0n) is 10.8. The van der Waals surface area contributed by atoms with Crippen molar-refractivity contribution in [2.24, 2.45) is 5.92 Å². The van der Waals surface area contributed by atoms with Crippen molar-refractivity contribution in [3.8, 4) is 6.07 Å². The number of nitrogens with zero attached hydrogens (tertiary/aromatic N) is 1. The van der Waals surface area contributed by atoms with E-state index in [9.17, 15) is 13.6 Å². The summed E-state index contributed by atoms with van der Waals surface area (Å²) in [5.41, 5.74) is -0.511. The van der Waals surface area contributed by atoms with Crippen LogP contribution in [0, 0.1) is 28.9 Å². The molecule has 19 heavy (non-hydrogen) atoms. The van der Waals surface area contributed by atoms with Gasteiger partial charge in [0.25, 0.3) is 0 Å². The summed E-state index contributed by atoms with van der Waals surface area (Å²) < 4.78 is 26.8. The average molecular weight is 267 g/mol. The molecule has 6 heteroatoms. The highest BCUT2D eigenvalue weighted by molar-refractivity contribution is 5.80. The predicted octanol–water partition coefficient (Wildman–Crippen LogP) is 2.02. The molecule has 0 saturated heterocycles. The summed E-state index contributed by atoms with van der Waals surface area (Å²) in [5, 5.41) is 13.7. The Labute approximate surface area is 110 Å². The number of halogens is 2. The van der Waals surface area contributed by atoms with E-state index in [2.05, 4.69) is 10.6 Å². The molecule has 0 fully saturated rings. The number of benzene rings is 1. The van der Waals surface area contributed by atoms with Gasteiger partial charge < -0.3 is 10.6 Å². The molecule has 4 nitrogen and oxygen atoms in total. The lowest BCUT2D eigenvalue weighted by Gasteiger charge is -2.10. The second-order valence-corrected chi connectivity index (χ2v) is 4.45. The predicted molar refractivity (Wildman–Crippen MR) is 67.4 cm³/mol. The van der Waals surface area contributed by atoms with Crippen LogP contribution in [0.15, 0.2) is 12.1 Å². The second-order valence-electron chi connectivity index (χ2n) is 4.45. The summed E-state index contributed by atoms with van der Waals surface area (Å²) >= 11 is 0. The van der Waals surface area contributed by atoms with Crippen molar-refractivity contribution in [2.45, 2.75) is 13.8 Å². The van der Waals surface area contributed by atoms with Gasteiger partial charge in [-0.2, -0.15) is 5.26 Å². The zero-order valence-corrected chi connectivity index (χ0v) is 10.8. The van der Waals surface area contributed by atoms with Gasteiger partial charge in [-0.1, -0.05) is 13.8 Å². The largest absolute Gasteiger partial charge is 0.374 e. The lowest BCUT2D eigenvalue weighted by molar-refractivity contribution is -0.119. The van der Waals surface area contributed by atoms with Crippen LogP contribution in [0.4, 0.5) is 14.5 Å². The summed E-state index contributed by atoms with van der Waals surface area (Å²) in [5.74, 6) is -2.36. The number of nitrogens with one attached hydrogen (secondary N) is 2. The van der Waals surface area contributed by atoms with Gasteiger partial charge in [-0.3, -0.25) is 4.79 Å². The number of rotatable bonds is 5. The van der Waals surface area contributed by atoms with E-state index in [1.807, 2.05) is 13.8 Å². The van der Waals surface area contributed by atoms with Crippen molar-refractivity contribution in [3.63, 3.8) is 0 Å². The molecule has 1 rings (SSSR count). The van der Waals surface area contributed by atoms with Crippen LogP contribution in [-0.4, -0.2) is 19.0 Å². The maximum atomic E-state index is 13.5. The molecule has 0 heterocycles. The number of amides is 1. The van der Waals surface area contributed by atoms with Crippen LogP contribution in [0.25, 0.3) is 0 Å². The lowest BCUT2D eigenvalue weighted by Crippen LogP contribution is -2.32. The van der Waals surface area contributed by atoms with Crippen LogP contribution in [-0.2, 0) is 4.79 Å². The smallest absolute Gasteiger partial charge is 0.239 e. The van der Waals surface area contributed by atoms with Crippen molar-refractivity contribution in [1.29, 1.82) is 5.26 Å². The van der Waals surface area contributed by atoms with Crippen LogP contribution >= 0.6 is 0 Å². The fraction of sp³-hybridized carbons (Fsp3) is 0.385. The molecule has 0 aliphatic carbocycles. The second kappa shape index (κ2) is 6.69. The van der Waals surface area contributed by atoms with Crippen LogP contribution in [0.2, 0.25) is 0 Å². The molecule has 1 aromatic rings. The fourth-order valence-electron chi connectivity index (χ4n) is 1.33. The summed E-state index contributed by atoms with van der Waals surface area (Å²) in [6.45, 7) is 4.26. The molecular weight excluding hydrogens is 252 g/mol. The van der Waals surface area contributed by atoms with E-state index >= 15 is 0 Å². The summed E-state index contributed by atoms with van der Waals surface area (Å²) in [6, 6.07) is 3.93. The van der Waals surface area contributed by atoms with E-state index in [4.69, 9.17) is 5.26 Å². The minimum atomic E-state index is -1.21. The van der Waals surface area contributed by atoms with Crippen molar-refractivity contribution >= 4 is 11.6 Å². The van der Waals surface area contributed by atoms with Gasteiger partial charge >= 0.3 is 0 Å². The van der Waals surface area contributed by atoms with Crippen molar-refractivity contribution < 1.29 is 13.6 Å². The molecule has 102 valence electrons. The molecule has 0 saturated carbocycles. The number of anilines is 1. The summed E-state index contributed by atoms with van der Waals surface area (Å²) in [6.07, 6.45) is 0. The fourth-order valence-corrected chi connectivity index (χ4v) is 1.33. The van der Waals surface area contributed by atoms with E-state index in [-0.39, 0.29) is 23.7 Å². The number of nitriles is 1. The maximum absolute atomic E-state index is 13.5. The van der Waals surface area contributed by atoms with Gasteiger partial charge in [0, 0.05) is 6.54 Å². The Hall–Kier alpha value is -2.16. The molecule has 0 aliphatic heterocycles. The third-order valence-corrected chi connectivity index (χ3v) is 2.35. The Morgan fingerprint density at radius 3 is 2.63 bits per heavy atom. The maximum Gasteiger partial charge on any atom is 0.239 e. The van der Waals surface area contributed by atoms with Gasteiger partial charge in [-0.05, 0) is 18.1 Å². The summed E-state index contributed by atoms with van der Waals surface area (Å²) in [7, 11) is 0. The summed E-state index contributed by atoms with van der Waals surface area (Å²) in [4.78, 5) is 11.4. The third-order valence-electron chi connectivity index (χ3n) is 2.35. The minimum absolute atomic E-state index is 0.142. The third kappa shape index (κ3) is 4.21. The van der Waals surface area contributed by atoms with Gasteiger partial charge in [0.15, 0.2) is 11.6 Å². The van der Waals surface area contributed by atoms with E-state index in [0.717, 1.165) is 6.07 Å². The van der Waals surface area contributed by atoms with E-state index in [1.54, 1.807) is 0 Å². The Balaban J connectivity index is 2.62. The average Bonchev–Trinajstić information content (AvgIpc) is 2.38. The lowest BCUT2D eigenvalue weighted by atomic mass is 10.2. The topological polar surface area (TPSA) is 64.9 Å². The number of hydrogen-bond acceptors (Lipinski definition) is 3. The SMILES string of the molecule is CC(C)CNC(=O)CNc1ccc(C#N)c(F)c1F. The van der Waals surface area contributed by atoms with Crippen molar-refractivity contribution in [2.75, 3.05) is 18.4 Å². The zero-order chi connectivity index (χ0) is 14.4. The normalized spacial score (nSPS) is 10.1. The van der Waals surface area contributed by atoms with Crippen LogP contribution < -0.4 is 10.6 Å². The van der Waals surface area contributed by atoms with Crippen LogP contribution in [0.5, 0.6) is 0 Å². The molecule has 1 aromatic carbocycles. The first-order valence-corrected chi connectivity index (χ1v) is 5.84. The van der Waals surface area contributed by atoms with Gasteiger partial charge in [-0.25, -0.2) is 8.78 Å². The first-order chi connectivity index (χ1) is 8.95. The highest BCUT2D eigenvalue weighted by Crippen LogP contribution is 2.19. The van der Waals surface area contributed by atoms with Gasteiger partial charge in [0.05, 0.1) is 17.8 Å². The van der Waals surface area contributed by atoms with E-state index < -0.39 is 11.6 Å². The molecule has 0 spiro atoms. The monoisotopic (exact) mass is 267 g/mol. The number of hydrogen-bond donors (Lipinski definition) is 2. The van der Waals surface area contributed by atoms with Gasteiger partial charge in [-0.15, -0.1) is 0 Å². The molecule has 0 bridgehead atoms. The molecule has 0 unspecified atom stereocenters. The van der Waals surface area contributed by atoms with Crippen LogP contribution in [0.3, 0.4) is 0 Å². The van der Waals surface area contributed by atoms with Crippen molar-refractivity contribution in [3.05, 3.63) is 29.3 Å². The van der Waals surface area contributed by atoms with Gasteiger partial charge in [0.1, 0.15) is 6.07 Å². The number of carbonyl (C=O) groups excluding carboxylic acids is 1. The molecule has 0 radical (unpaired) electrons. The van der Waals surface area contributed by atoms with Crippen LogP contribution in [0.1, 0.15) is 19.4 Å². The Morgan fingerprint density at radius 2 is 2.05 bits per heavy atom. The molecule has 0 aromatic heterocycles. The molecule has 0 aliphatic rings. The Morgan fingerprint density at radius 1 is 1.37 bits per heavy atom. The molecule has 0 atom stereocenters. The molecule has 1 amide bonds. The standard InChI is InChI=1S/C13H15F2N3O/c1-8(2)6-18-11(19)7-17-10-4-3-9(5-16)12(14)13(10)15/h3-4,8,17H,6-7H2,1-2H3,(H,18,19). The Bertz CT molecular complexity index is 509. The quantitative estimate of drug-likeness (QED) is 0.857. The Kier molecular flexibility index (Phi) is 5.24. The highest BCUT2D eigenvalue weighted by Gasteiger charge is 2.13. The van der Waals surface area contributed by atoms with E-state index in [0.29, 0.717) is 12.5 Å². The van der Waals surface area contributed by atoms with E-state index in [1.165, 1.54) is 12.1 Å². The highest BCUT2D eigenvalue weighted by atomic mass is 19.2. The number of carbonyl (C=O) groups is 1. The molecular formula is C13H15F2N3O. The first kappa shape index (κ1) is 14.9. The minimum Gasteiger partial charge on any atom is -0.374 e. The first-order valence-electron chi connectivity index (χ1n) is 5.84. The molecule has 2 N–H and O–H groups in total.